The number of aryl methyl sites for hydroxylation is 1. The van der Waals surface area contributed by atoms with Crippen LogP contribution in [0.15, 0.2) is 36.5 Å². The number of ether oxygens (including phenoxy) is 1. The summed E-state index contributed by atoms with van der Waals surface area (Å²) in [5.74, 6) is 0.926. The molecule has 2 heteroatoms. The predicted octanol–water partition coefficient (Wildman–Crippen LogP) is 4.67. The van der Waals surface area contributed by atoms with Gasteiger partial charge in [-0.15, -0.1) is 0 Å². The van der Waals surface area contributed by atoms with E-state index in [1.807, 2.05) is 24.4 Å². The Balaban J connectivity index is 2.38. The second-order valence-corrected chi connectivity index (χ2v) is 4.92. The lowest BCUT2D eigenvalue weighted by Crippen LogP contribution is -1.98. The summed E-state index contributed by atoms with van der Waals surface area (Å²) < 4.78 is 5.83. The van der Waals surface area contributed by atoms with Crippen LogP contribution in [0.25, 0.3) is 11.1 Å². The summed E-state index contributed by atoms with van der Waals surface area (Å²) in [7, 11) is 0. The molecular formula is C18H22NO. The van der Waals surface area contributed by atoms with Gasteiger partial charge in [0.15, 0.2) is 0 Å². The number of benzene rings is 1. The van der Waals surface area contributed by atoms with Gasteiger partial charge < -0.3 is 4.74 Å². The van der Waals surface area contributed by atoms with Crippen molar-refractivity contribution < 1.29 is 4.74 Å². The highest BCUT2D eigenvalue weighted by molar-refractivity contribution is 5.70. The summed E-state index contributed by atoms with van der Waals surface area (Å²) in [6.45, 7) is 9.02. The number of nitrogens with zero attached hydrogens (tertiary/aromatic N) is 1. The van der Waals surface area contributed by atoms with Crippen LogP contribution in [0, 0.1) is 6.92 Å². The van der Waals surface area contributed by atoms with Crippen LogP contribution in [0.4, 0.5) is 0 Å². The van der Waals surface area contributed by atoms with Crippen molar-refractivity contribution in [3.05, 3.63) is 54.7 Å². The first-order chi connectivity index (χ1) is 9.76. The number of rotatable bonds is 6. The molecule has 0 bridgehead atoms. The van der Waals surface area contributed by atoms with Crippen molar-refractivity contribution in [2.45, 2.75) is 33.1 Å². The van der Waals surface area contributed by atoms with Crippen molar-refractivity contribution in [1.29, 1.82) is 0 Å². The SMILES string of the molecule is [CH2]c1ncc(-c2ccccc2OCCC)cc1CCC. The van der Waals surface area contributed by atoms with Crippen LogP contribution in [0.1, 0.15) is 37.9 Å². The molecule has 1 heterocycles. The van der Waals surface area contributed by atoms with Gasteiger partial charge >= 0.3 is 0 Å². The third kappa shape index (κ3) is 3.38. The summed E-state index contributed by atoms with van der Waals surface area (Å²) in [4.78, 5) is 4.43. The Morgan fingerprint density at radius 2 is 1.95 bits per heavy atom. The molecule has 0 spiro atoms. The second-order valence-electron chi connectivity index (χ2n) is 4.92. The Morgan fingerprint density at radius 1 is 1.15 bits per heavy atom. The van der Waals surface area contributed by atoms with Gasteiger partial charge in [-0.2, -0.15) is 0 Å². The van der Waals surface area contributed by atoms with E-state index < -0.39 is 0 Å². The van der Waals surface area contributed by atoms with E-state index in [4.69, 9.17) is 4.74 Å². The summed E-state index contributed by atoms with van der Waals surface area (Å²) in [5, 5.41) is 0. The predicted molar refractivity (Wildman–Crippen MR) is 83.9 cm³/mol. The van der Waals surface area contributed by atoms with E-state index in [1.165, 1.54) is 5.56 Å². The maximum atomic E-state index is 5.83. The fourth-order valence-corrected chi connectivity index (χ4v) is 2.21. The Labute approximate surface area is 121 Å². The van der Waals surface area contributed by atoms with Crippen LogP contribution in [-0.4, -0.2) is 11.6 Å². The first-order valence-electron chi connectivity index (χ1n) is 7.29. The number of hydrogen-bond acceptors (Lipinski definition) is 2. The van der Waals surface area contributed by atoms with Crippen molar-refractivity contribution in [2.75, 3.05) is 6.61 Å². The zero-order valence-electron chi connectivity index (χ0n) is 12.4. The molecule has 1 aromatic carbocycles. The normalized spacial score (nSPS) is 10.6. The Kier molecular flexibility index (Phi) is 5.16. The molecule has 0 saturated heterocycles. The van der Waals surface area contributed by atoms with Crippen LogP contribution in [-0.2, 0) is 6.42 Å². The molecule has 0 saturated carbocycles. The lowest BCUT2D eigenvalue weighted by atomic mass is 10.0. The third-order valence-corrected chi connectivity index (χ3v) is 3.24. The molecule has 0 atom stereocenters. The molecule has 2 rings (SSSR count). The van der Waals surface area contributed by atoms with Gasteiger partial charge in [0.2, 0.25) is 0 Å². The number of para-hydroxylation sites is 1. The zero-order chi connectivity index (χ0) is 14.4. The summed E-state index contributed by atoms with van der Waals surface area (Å²) in [5.41, 5.74) is 4.30. The molecule has 2 nitrogen and oxygen atoms in total. The van der Waals surface area contributed by atoms with Crippen LogP contribution < -0.4 is 4.74 Å². The van der Waals surface area contributed by atoms with Crippen LogP contribution in [0.3, 0.4) is 0 Å². The summed E-state index contributed by atoms with van der Waals surface area (Å²) in [6, 6.07) is 10.3. The largest absolute Gasteiger partial charge is 0.493 e. The van der Waals surface area contributed by atoms with E-state index in [0.29, 0.717) is 0 Å². The Morgan fingerprint density at radius 3 is 2.70 bits per heavy atom. The molecule has 0 unspecified atom stereocenters. The fourth-order valence-electron chi connectivity index (χ4n) is 2.21. The Bertz CT molecular complexity index is 563. The van der Waals surface area contributed by atoms with Crippen molar-refractivity contribution in [3.63, 3.8) is 0 Å². The molecule has 1 radical (unpaired) electrons. The number of aromatic nitrogens is 1. The van der Waals surface area contributed by atoms with Gasteiger partial charge in [-0.05, 0) is 37.5 Å². The number of hydrogen-bond donors (Lipinski definition) is 0. The quantitative estimate of drug-likeness (QED) is 0.759. The highest BCUT2D eigenvalue weighted by Gasteiger charge is 2.08. The van der Waals surface area contributed by atoms with Gasteiger partial charge in [-0.25, -0.2) is 0 Å². The highest BCUT2D eigenvalue weighted by Crippen LogP contribution is 2.30. The van der Waals surface area contributed by atoms with Crippen molar-refractivity contribution in [2.24, 2.45) is 0 Å². The standard InChI is InChI=1S/C18H22NO/c1-4-8-15-12-16(13-19-14(15)3)17-9-6-7-10-18(17)20-11-5-2/h6-7,9-10,12-13H,3-5,8,11H2,1-2H3. The van der Waals surface area contributed by atoms with E-state index >= 15 is 0 Å². The maximum absolute atomic E-state index is 5.83. The minimum atomic E-state index is 0.736. The maximum Gasteiger partial charge on any atom is 0.127 e. The third-order valence-electron chi connectivity index (χ3n) is 3.24. The second kappa shape index (κ2) is 7.09. The fraction of sp³-hybridized carbons (Fsp3) is 0.333. The van der Waals surface area contributed by atoms with E-state index in [-0.39, 0.29) is 0 Å². The van der Waals surface area contributed by atoms with Crippen molar-refractivity contribution in [3.8, 4) is 16.9 Å². The molecule has 0 aliphatic carbocycles. The smallest absolute Gasteiger partial charge is 0.127 e. The van der Waals surface area contributed by atoms with Crippen LogP contribution in [0.2, 0.25) is 0 Å². The molecule has 1 aromatic heterocycles. The van der Waals surface area contributed by atoms with Crippen molar-refractivity contribution in [1.82, 2.24) is 4.98 Å². The zero-order valence-corrected chi connectivity index (χ0v) is 12.4. The first-order valence-corrected chi connectivity index (χ1v) is 7.29. The van der Waals surface area contributed by atoms with Crippen LogP contribution >= 0.6 is 0 Å². The molecule has 0 aliphatic rings. The topological polar surface area (TPSA) is 22.1 Å². The van der Waals surface area contributed by atoms with Gasteiger partial charge in [0.1, 0.15) is 5.75 Å². The average Bonchev–Trinajstić information content (AvgIpc) is 2.48. The molecule has 105 valence electrons. The van der Waals surface area contributed by atoms with Gasteiger partial charge in [-0.3, -0.25) is 4.98 Å². The van der Waals surface area contributed by atoms with Crippen molar-refractivity contribution >= 4 is 0 Å². The van der Waals surface area contributed by atoms with E-state index in [0.717, 1.165) is 48.4 Å². The van der Waals surface area contributed by atoms with Crippen LogP contribution in [0.5, 0.6) is 5.75 Å². The summed E-state index contributed by atoms with van der Waals surface area (Å²) >= 11 is 0. The first kappa shape index (κ1) is 14.6. The molecule has 0 amide bonds. The average molecular weight is 268 g/mol. The lowest BCUT2D eigenvalue weighted by molar-refractivity contribution is 0.318. The summed E-state index contributed by atoms with van der Waals surface area (Å²) in [6.07, 6.45) is 5.00. The minimum absolute atomic E-state index is 0.736. The Hall–Kier alpha value is -1.83. The van der Waals surface area contributed by atoms with Gasteiger partial charge in [0, 0.05) is 23.0 Å². The molecule has 2 aromatic rings. The minimum Gasteiger partial charge on any atom is -0.493 e. The van der Waals surface area contributed by atoms with E-state index in [1.54, 1.807) is 0 Å². The molecule has 20 heavy (non-hydrogen) atoms. The molecule has 0 fully saturated rings. The highest BCUT2D eigenvalue weighted by atomic mass is 16.5. The molecule has 0 N–H and O–H groups in total. The monoisotopic (exact) mass is 268 g/mol. The molecule has 0 aliphatic heterocycles. The van der Waals surface area contributed by atoms with E-state index in [9.17, 15) is 0 Å². The van der Waals surface area contributed by atoms with E-state index in [2.05, 4.69) is 37.9 Å². The number of pyridine rings is 1. The van der Waals surface area contributed by atoms with Gasteiger partial charge in [0.05, 0.1) is 6.61 Å². The van der Waals surface area contributed by atoms with Gasteiger partial charge in [0.25, 0.3) is 0 Å². The molecular weight excluding hydrogens is 246 g/mol. The van der Waals surface area contributed by atoms with Gasteiger partial charge in [-0.1, -0.05) is 38.5 Å². The lowest BCUT2D eigenvalue weighted by Gasteiger charge is -2.12.